The molecule has 108 valence electrons. The van der Waals surface area contributed by atoms with Crippen LogP contribution in [0.1, 0.15) is 43.4 Å². The lowest BCUT2D eigenvalue weighted by Crippen LogP contribution is -2.29. The molecular formula is C14H24N2O3. The number of ether oxygens (including phenoxy) is 1. The number of esters is 1. The lowest BCUT2D eigenvalue weighted by molar-refractivity contribution is 0.0594. The summed E-state index contributed by atoms with van der Waals surface area (Å²) in [6.45, 7) is 7.42. The Kier molecular flexibility index (Phi) is 5.57. The van der Waals surface area contributed by atoms with E-state index in [4.69, 9.17) is 0 Å². The van der Waals surface area contributed by atoms with E-state index < -0.39 is 0 Å². The highest BCUT2D eigenvalue weighted by Crippen LogP contribution is 2.20. The van der Waals surface area contributed by atoms with Gasteiger partial charge in [-0.15, -0.1) is 0 Å². The van der Waals surface area contributed by atoms with Gasteiger partial charge in [-0.3, -0.25) is 0 Å². The topological polar surface area (TPSA) is 74.3 Å². The number of carbonyl (C=O) groups is 1. The maximum atomic E-state index is 11.3. The number of nitrogens with one attached hydrogen (secondary N) is 2. The predicted molar refractivity (Wildman–Crippen MR) is 73.9 cm³/mol. The Hall–Kier alpha value is -1.33. The Bertz CT molecular complexity index is 407. The lowest BCUT2D eigenvalue weighted by Gasteiger charge is -2.22. The lowest BCUT2D eigenvalue weighted by atomic mass is 9.89. The second kappa shape index (κ2) is 6.73. The number of aromatic nitrogens is 1. The van der Waals surface area contributed by atoms with Crippen LogP contribution < -0.4 is 5.32 Å². The molecule has 0 saturated heterocycles. The summed E-state index contributed by atoms with van der Waals surface area (Å²) in [4.78, 5) is 14.2. The van der Waals surface area contributed by atoms with Gasteiger partial charge in [0.2, 0.25) is 0 Å². The molecule has 0 aliphatic carbocycles. The zero-order valence-electron chi connectivity index (χ0n) is 12.1. The molecule has 0 amide bonds. The zero-order valence-corrected chi connectivity index (χ0v) is 12.1. The average Bonchev–Trinajstić information content (AvgIpc) is 2.74. The SMILES string of the molecule is COC(=O)c1ccc(CNCC(O)CC(C)(C)C)[nH]1. The van der Waals surface area contributed by atoms with E-state index in [1.54, 1.807) is 6.07 Å². The molecule has 0 bridgehead atoms. The highest BCUT2D eigenvalue weighted by molar-refractivity contribution is 5.87. The molecular weight excluding hydrogens is 244 g/mol. The zero-order chi connectivity index (χ0) is 14.5. The summed E-state index contributed by atoms with van der Waals surface area (Å²) >= 11 is 0. The van der Waals surface area contributed by atoms with Crippen LogP contribution in [-0.4, -0.2) is 35.8 Å². The number of hydrogen-bond donors (Lipinski definition) is 3. The van der Waals surface area contributed by atoms with Crippen molar-refractivity contribution in [3.8, 4) is 0 Å². The number of aromatic amines is 1. The Morgan fingerprint density at radius 2 is 2.16 bits per heavy atom. The fourth-order valence-corrected chi connectivity index (χ4v) is 1.92. The van der Waals surface area contributed by atoms with Crippen LogP contribution in [0.4, 0.5) is 0 Å². The number of rotatable bonds is 6. The quantitative estimate of drug-likeness (QED) is 0.686. The number of carbonyl (C=O) groups excluding carboxylic acids is 1. The van der Waals surface area contributed by atoms with E-state index >= 15 is 0 Å². The molecule has 1 atom stereocenters. The molecule has 0 aliphatic heterocycles. The molecule has 1 aromatic heterocycles. The van der Waals surface area contributed by atoms with Gasteiger partial charge in [-0.1, -0.05) is 20.8 Å². The van der Waals surface area contributed by atoms with Crippen molar-refractivity contribution >= 4 is 5.97 Å². The normalized spacial score (nSPS) is 13.3. The van der Waals surface area contributed by atoms with Crippen LogP contribution in [0.5, 0.6) is 0 Å². The van der Waals surface area contributed by atoms with Gasteiger partial charge in [0, 0.05) is 18.8 Å². The Morgan fingerprint density at radius 1 is 1.47 bits per heavy atom. The van der Waals surface area contributed by atoms with Gasteiger partial charge in [-0.05, 0) is 24.0 Å². The molecule has 0 aliphatic rings. The van der Waals surface area contributed by atoms with Crippen LogP contribution in [0.15, 0.2) is 12.1 Å². The minimum absolute atomic E-state index is 0.117. The second-order valence-corrected chi connectivity index (χ2v) is 5.94. The molecule has 0 fully saturated rings. The van der Waals surface area contributed by atoms with Crippen molar-refractivity contribution < 1.29 is 14.6 Å². The Balaban J connectivity index is 2.33. The first-order valence-corrected chi connectivity index (χ1v) is 6.47. The van der Waals surface area contributed by atoms with Gasteiger partial charge in [0.05, 0.1) is 13.2 Å². The van der Waals surface area contributed by atoms with Gasteiger partial charge < -0.3 is 20.1 Å². The Morgan fingerprint density at radius 3 is 2.74 bits per heavy atom. The van der Waals surface area contributed by atoms with Crippen molar-refractivity contribution in [3.63, 3.8) is 0 Å². The van der Waals surface area contributed by atoms with Crippen LogP contribution in [-0.2, 0) is 11.3 Å². The van der Waals surface area contributed by atoms with Crippen LogP contribution >= 0.6 is 0 Å². The average molecular weight is 268 g/mol. The fourth-order valence-electron chi connectivity index (χ4n) is 1.92. The van der Waals surface area contributed by atoms with E-state index in [0.29, 0.717) is 18.8 Å². The number of hydrogen-bond acceptors (Lipinski definition) is 4. The van der Waals surface area contributed by atoms with Crippen molar-refractivity contribution in [1.82, 2.24) is 10.3 Å². The van der Waals surface area contributed by atoms with Crippen molar-refractivity contribution in [1.29, 1.82) is 0 Å². The molecule has 1 heterocycles. The van der Waals surface area contributed by atoms with Gasteiger partial charge in [0.1, 0.15) is 5.69 Å². The smallest absolute Gasteiger partial charge is 0.354 e. The van der Waals surface area contributed by atoms with E-state index in [2.05, 4.69) is 35.8 Å². The summed E-state index contributed by atoms with van der Waals surface area (Å²) < 4.78 is 4.62. The molecule has 1 unspecified atom stereocenters. The van der Waals surface area contributed by atoms with Gasteiger partial charge >= 0.3 is 5.97 Å². The molecule has 5 heteroatoms. The molecule has 0 radical (unpaired) electrons. The minimum atomic E-state index is -0.376. The van der Waals surface area contributed by atoms with E-state index in [9.17, 15) is 9.90 Å². The third-order valence-corrected chi connectivity index (χ3v) is 2.70. The molecule has 19 heavy (non-hydrogen) atoms. The second-order valence-electron chi connectivity index (χ2n) is 5.94. The van der Waals surface area contributed by atoms with Crippen LogP contribution in [0, 0.1) is 5.41 Å². The van der Waals surface area contributed by atoms with Gasteiger partial charge in [0.25, 0.3) is 0 Å². The summed E-state index contributed by atoms with van der Waals surface area (Å²) in [6.07, 6.45) is 0.382. The van der Waals surface area contributed by atoms with Crippen LogP contribution in [0.3, 0.4) is 0 Å². The predicted octanol–water partition coefficient (Wildman–Crippen LogP) is 1.69. The first kappa shape index (κ1) is 15.7. The van der Waals surface area contributed by atoms with E-state index in [1.165, 1.54) is 7.11 Å². The maximum Gasteiger partial charge on any atom is 0.354 e. The van der Waals surface area contributed by atoms with Crippen molar-refractivity contribution in [3.05, 3.63) is 23.5 Å². The number of H-pyrrole nitrogens is 1. The van der Waals surface area contributed by atoms with E-state index in [0.717, 1.165) is 12.1 Å². The third-order valence-electron chi connectivity index (χ3n) is 2.70. The first-order valence-electron chi connectivity index (χ1n) is 6.47. The summed E-state index contributed by atoms with van der Waals surface area (Å²) in [7, 11) is 1.35. The van der Waals surface area contributed by atoms with Crippen LogP contribution in [0.25, 0.3) is 0 Å². The molecule has 1 rings (SSSR count). The monoisotopic (exact) mass is 268 g/mol. The summed E-state index contributed by atoms with van der Waals surface area (Å²) in [5.74, 6) is -0.376. The molecule has 0 saturated carbocycles. The molecule has 5 nitrogen and oxygen atoms in total. The standard InChI is InChI=1S/C14H24N2O3/c1-14(2,3)7-11(17)9-15-8-10-5-6-12(16-10)13(18)19-4/h5-6,11,15-17H,7-9H2,1-4H3. The number of methoxy groups -OCH3 is 1. The van der Waals surface area contributed by atoms with Crippen molar-refractivity contribution in [2.45, 2.75) is 39.8 Å². The van der Waals surface area contributed by atoms with Crippen LogP contribution in [0.2, 0.25) is 0 Å². The summed E-state index contributed by atoms with van der Waals surface area (Å²) in [6, 6.07) is 3.52. The highest BCUT2D eigenvalue weighted by Gasteiger charge is 2.16. The minimum Gasteiger partial charge on any atom is -0.464 e. The first-order chi connectivity index (χ1) is 8.81. The summed E-state index contributed by atoms with van der Waals surface area (Å²) in [5.41, 5.74) is 1.45. The van der Waals surface area contributed by atoms with E-state index in [1.807, 2.05) is 6.07 Å². The van der Waals surface area contributed by atoms with Crippen molar-refractivity contribution in [2.75, 3.05) is 13.7 Å². The molecule has 0 aromatic carbocycles. The fraction of sp³-hybridized carbons (Fsp3) is 0.643. The van der Waals surface area contributed by atoms with E-state index in [-0.39, 0.29) is 17.5 Å². The van der Waals surface area contributed by atoms with Gasteiger partial charge in [-0.2, -0.15) is 0 Å². The summed E-state index contributed by atoms with van der Waals surface area (Å²) in [5, 5.41) is 13.0. The third kappa shape index (κ3) is 5.89. The molecule has 3 N–H and O–H groups in total. The molecule has 0 spiro atoms. The van der Waals surface area contributed by atoms with Gasteiger partial charge in [-0.25, -0.2) is 4.79 Å². The maximum absolute atomic E-state index is 11.3. The van der Waals surface area contributed by atoms with Gasteiger partial charge in [0.15, 0.2) is 0 Å². The highest BCUT2D eigenvalue weighted by atomic mass is 16.5. The molecule has 1 aromatic rings. The number of aliphatic hydroxyl groups is 1. The largest absolute Gasteiger partial charge is 0.464 e. The van der Waals surface area contributed by atoms with Crippen molar-refractivity contribution in [2.24, 2.45) is 5.41 Å². The Labute approximate surface area is 114 Å². The number of aliphatic hydroxyl groups excluding tert-OH is 1.